The summed E-state index contributed by atoms with van der Waals surface area (Å²) in [5.41, 5.74) is -1.58. The quantitative estimate of drug-likeness (QED) is 0.0390. The summed E-state index contributed by atoms with van der Waals surface area (Å²) in [6.45, 7) is 6.83. The highest BCUT2D eigenvalue weighted by Gasteiger charge is 2.48. The number of aliphatic hydroxyl groups is 1. The zero-order chi connectivity index (χ0) is 34.5. The van der Waals surface area contributed by atoms with Gasteiger partial charge in [0.2, 0.25) is 0 Å². The molecule has 2 N–H and O–H groups in total. The monoisotopic (exact) mass is 675 g/mol. The van der Waals surface area contributed by atoms with E-state index in [0.29, 0.717) is 12.8 Å². The van der Waals surface area contributed by atoms with E-state index >= 15 is 0 Å². The molecular weight excluding hydrogens is 600 g/mol. The van der Waals surface area contributed by atoms with Crippen LogP contribution in [0, 0.1) is 11.3 Å². The van der Waals surface area contributed by atoms with Gasteiger partial charge in [-0.15, -0.1) is 0 Å². The lowest BCUT2D eigenvalue weighted by Gasteiger charge is -2.36. The third-order valence-corrected chi connectivity index (χ3v) is 10.3. The second kappa shape index (κ2) is 29.1. The van der Waals surface area contributed by atoms with Crippen molar-refractivity contribution in [1.29, 1.82) is 0 Å². The summed E-state index contributed by atoms with van der Waals surface area (Å²) in [5, 5.41) is 10.5. The molecule has 0 aliphatic rings. The highest BCUT2D eigenvalue weighted by Crippen LogP contribution is 2.37. The Morgan fingerprint density at radius 2 is 0.826 bits per heavy atom. The molecule has 0 aromatic heterocycles. The Morgan fingerprint density at radius 1 is 0.565 bits per heavy atom. The Hall–Kier alpha value is -0.830. The van der Waals surface area contributed by atoms with Crippen molar-refractivity contribution in [2.45, 2.75) is 214 Å². The molecule has 7 nitrogen and oxygen atoms in total. The van der Waals surface area contributed by atoms with Gasteiger partial charge in [0.25, 0.3) is 0 Å². The van der Waals surface area contributed by atoms with Gasteiger partial charge in [-0.3, -0.25) is 14.1 Å². The lowest BCUT2D eigenvalue weighted by Crippen LogP contribution is -2.49. The van der Waals surface area contributed by atoms with Crippen molar-refractivity contribution < 1.29 is 31.8 Å². The molecule has 46 heavy (non-hydrogen) atoms. The maximum absolute atomic E-state index is 13.6. The predicted octanol–water partition coefficient (Wildman–Crippen LogP) is 10.9. The summed E-state index contributed by atoms with van der Waals surface area (Å²) >= 11 is 0. The fraction of sp³-hybridized carbons (Fsp3) is 0.947. The first-order valence-electron chi connectivity index (χ1n) is 19.4. The summed E-state index contributed by atoms with van der Waals surface area (Å²) in [5.74, 6) is -1.63. The molecule has 274 valence electrons. The number of hydrogen-bond donors (Lipinski definition) is 2. The van der Waals surface area contributed by atoms with E-state index in [0.717, 1.165) is 38.5 Å². The number of Topliss-reactive ketones (excluding diaryl/α,β-unsaturated/α-hetero) is 2. The van der Waals surface area contributed by atoms with E-state index in [9.17, 15) is 23.1 Å². The van der Waals surface area contributed by atoms with Crippen LogP contribution >= 0.6 is 0 Å². The number of carbonyl (C=O) groups excluding carboxylic acids is 2. The first kappa shape index (κ1) is 45.2. The maximum atomic E-state index is 13.6. The summed E-state index contributed by atoms with van der Waals surface area (Å²) in [6, 6.07) is 0. The van der Waals surface area contributed by atoms with Gasteiger partial charge in [0.15, 0.2) is 0 Å². The van der Waals surface area contributed by atoms with Gasteiger partial charge >= 0.3 is 10.4 Å². The van der Waals surface area contributed by atoms with Gasteiger partial charge in [0, 0.05) is 18.8 Å². The Morgan fingerprint density at radius 3 is 1.07 bits per heavy atom. The van der Waals surface area contributed by atoms with Crippen LogP contribution in [-0.2, 0) is 24.2 Å². The number of rotatable bonds is 35. The molecule has 0 rings (SSSR count). The van der Waals surface area contributed by atoms with Crippen molar-refractivity contribution in [3.8, 4) is 0 Å². The Bertz CT molecular complexity index is 798. The average molecular weight is 675 g/mol. The van der Waals surface area contributed by atoms with Crippen molar-refractivity contribution in [3.63, 3.8) is 0 Å². The van der Waals surface area contributed by atoms with Gasteiger partial charge in [-0.25, -0.2) is 4.18 Å². The predicted molar refractivity (Wildman–Crippen MR) is 191 cm³/mol. The zero-order valence-corrected chi connectivity index (χ0v) is 31.3. The third kappa shape index (κ3) is 23.5. The van der Waals surface area contributed by atoms with Crippen LogP contribution < -0.4 is 0 Å². The van der Waals surface area contributed by atoms with E-state index in [1.807, 2.05) is 0 Å². The molecule has 0 amide bonds. The summed E-state index contributed by atoms with van der Waals surface area (Å²) < 4.78 is 36.4. The number of hydrogen-bond acceptors (Lipinski definition) is 6. The average Bonchev–Trinajstić information content (AvgIpc) is 3.00. The first-order chi connectivity index (χ1) is 22.0. The number of ketones is 2. The molecule has 0 bridgehead atoms. The Balaban J connectivity index is 4.68. The van der Waals surface area contributed by atoms with Crippen molar-refractivity contribution in [2.75, 3.05) is 6.61 Å². The first-order valence-corrected chi connectivity index (χ1v) is 20.7. The molecule has 0 aliphatic heterocycles. The lowest BCUT2D eigenvalue weighted by atomic mass is 9.66. The fourth-order valence-electron chi connectivity index (χ4n) is 6.64. The van der Waals surface area contributed by atoms with Crippen LogP contribution in [0.1, 0.15) is 207 Å². The smallest absolute Gasteiger partial charge is 0.393 e. The largest absolute Gasteiger partial charge is 0.397 e. The molecule has 0 fully saturated rings. The molecule has 0 saturated heterocycles. The normalized spacial score (nSPS) is 13.6. The third-order valence-electron chi connectivity index (χ3n) is 9.89. The zero-order valence-electron chi connectivity index (χ0n) is 30.5. The molecule has 0 aromatic rings. The van der Waals surface area contributed by atoms with Crippen LogP contribution in [0.25, 0.3) is 0 Å². The summed E-state index contributed by atoms with van der Waals surface area (Å²) in [6.07, 6.45) is 30.1. The van der Waals surface area contributed by atoms with Gasteiger partial charge < -0.3 is 5.11 Å². The fourth-order valence-corrected chi connectivity index (χ4v) is 6.96. The van der Waals surface area contributed by atoms with Gasteiger partial charge in [-0.05, 0) is 26.7 Å². The minimum atomic E-state index is -4.78. The Kier molecular flexibility index (Phi) is 28.6. The van der Waals surface area contributed by atoms with Crippen LogP contribution in [0.3, 0.4) is 0 Å². The molecule has 0 spiro atoms. The molecular formula is C38H74O7S. The van der Waals surface area contributed by atoms with Crippen molar-refractivity contribution in [2.24, 2.45) is 11.3 Å². The van der Waals surface area contributed by atoms with Crippen LogP contribution in [0.2, 0.25) is 0 Å². The van der Waals surface area contributed by atoms with Crippen LogP contribution in [0.4, 0.5) is 0 Å². The van der Waals surface area contributed by atoms with E-state index in [-0.39, 0.29) is 24.4 Å². The van der Waals surface area contributed by atoms with Crippen LogP contribution in [0.5, 0.6) is 0 Å². The van der Waals surface area contributed by atoms with Gasteiger partial charge in [0.1, 0.15) is 11.6 Å². The molecule has 8 heteroatoms. The number of carbonyl (C=O) groups is 2. The molecule has 0 saturated carbocycles. The van der Waals surface area contributed by atoms with E-state index in [2.05, 4.69) is 18.0 Å². The lowest BCUT2D eigenvalue weighted by molar-refractivity contribution is -0.148. The van der Waals surface area contributed by atoms with E-state index < -0.39 is 34.4 Å². The maximum Gasteiger partial charge on any atom is 0.397 e. The van der Waals surface area contributed by atoms with E-state index in [1.54, 1.807) is 0 Å². The van der Waals surface area contributed by atoms with Crippen molar-refractivity contribution in [3.05, 3.63) is 0 Å². The minimum absolute atomic E-state index is 0.202. The molecule has 0 radical (unpaired) electrons. The molecule has 0 aliphatic carbocycles. The van der Waals surface area contributed by atoms with E-state index in [4.69, 9.17) is 4.55 Å². The molecule has 2 atom stereocenters. The van der Waals surface area contributed by atoms with Crippen LogP contribution in [-0.4, -0.2) is 42.4 Å². The van der Waals surface area contributed by atoms with Gasteiger partial charge in [-0.1, -0.05) is 168 Å². The SMILES string of the molecule is CCCCCCCCCCCCCCCC(=O)C(C)(C(=O)CCCCCCCCCCCCCCC)C(COS(=O)(=O)O)C(C)O. The van der Waals surface area contributed by atoms with Crippen molar-refractivity contribution >= 4 is 22.0 Å². The van der Waals surface area contributed by atoms with E-state index in [1.165, 1.54) is 129 Å². The standard InChI is InChI=1S/C38H74O7S/c1-5-7-9-11-13-15-17-19-21-23-25-27-29-31-36(40)38(4,35(34(3)39)33-45-46(42,43)44)37(41)32-30-28-26-24-22-20-18-16-14-12-10-8-6-2/h34-35,39H,5-33H2,1-4H3,(H,42,43,44). The topological polar surface area (TPSA) is 118 Å². The Labute approximate surface area is 284 Å². The highest BCUT2D eigenvalue weighted by molar-refractivity contribution is 7.80. The van der Waals surface area contributed by atoms with Gasteiger partial charge in [-0.2, -0.15) is 8.42 Å². The summed E-state index contributed by atoms with van der Waals surface area (Å²) in [4.78, 5) is 27.2. The van der Waals surface area contributed by atoms with Gasteiger partial charge in [0.05, 0.1) is 18.1 Å². The second-order valence-electron chi connectivity index (χ2n) is 14.1. The molecule has 2 unspecified atom stereocenters. The number of aliphatic hydroxyl groups excluding tert-OH is 1. The minimum Gasteiger partial charge on any atom is -0.393 e. The molecule has 0 heterocycles. The highest BCUT2D eigenvalue weighted by atomic mass is 32.3. The number of unbranched alkanes of at least 4 members (excludes halogenated alkanes) is 24. The van der Waals surface area contributed by atoms with Crippen molar-refractivity contribution in [1.82, 2.24) is 0 Å². The second-order valence-corrected chi connectivity index (χ2v) is 15.2. The van der Waals surface area contributed by atoms with Crippen LogP contribution in [0.15, 0.2) is 0 Å². The summed E-state index contributed by atoms with van der Waals surface area (Å²) in [7, 11) is -4.78. The molecule has 0 aromatic carbocycles.